The molecule has 1 amide bonds. The van der Waals surface area contributed by atoms with Crippen molar-refractivity contribution in [3.63, 3.8) is 0 Å². The van der Waals surface area contributed by atoms with Crippen molar-refractivity contribution in [3.05, 3.63) is 144 Å². The van der Waals surface area contributed by atoms with Gasteiger partial charge in [0.25, 0.3) is 5.91 Å². The minimum atomic E-state index is -1.07. The van der Waals surface area contributed by atoms with Gasteiger partial charge in [0.15, 0.2) is 17.0 Å². The summed E-state index contributed by atoms with van der Waals surface area (Å²) in [7, 11) is 3.67. The largest absolute Gasteiger partial charge is 0.476 e. The van der Waals surface area contributed by atoms with Gasteiger partial charge in [-0.1, -0.05) is 56.0 Å². The average Bonchev–Trinajstić information content (AvgIpc) is 4.15. The summed E-state index contributed by atoms with van der Waals surface area (Å²) in [6.07, 6.45) is 11.1. The fourth-order valence-corrected chi connectivity index (χ4v) is 7.85. The van der Waals surface area contributed by atoms with Crippen LogP contribution in [-0.4, -0.2) is 137 Å². The van der Waals surface area contributed by atoms with Gasteiger partial charge in [-0.15, -0.1) is 0 Å². The molecule has 8 aromatic rings. The standard InChI is InChI=1S/C23H25N7O2.C12H18N2O.C11H9N5O2.CH4.H2S/c1-28-12-18(10-25-28)20-6-7-22-26-21(15-30(22)27-20)23(32)24-11-19(31)14-29-9-8-16-4-2-3-5-17(16)13-29;13-7-12(15)9-14-6-5-10-3-1-2-4-11(10)8-14;1-15-5-7(4-12-15)8-2-3-10-13-9(11(17)18)6-16(10)14-8;;/h2-7,10,12,15,19,31H,8-9,11,13-14H2,1H3,(H,24,32);1-4,12,15H,5-9,13H2;2-6H,1H3,(H,17,18);1H4;1H2/t19-;12-;;;/m00.../s1. The van der Waals surface area contributed by atoms with Gasteiger partial charge < -0.3 is 26.4 Å². The number of rotatable bonds is 11. The first-order valence-corrected chi connectivity index (χ1v) is 21.3. The Kier molecular flexibility index (Phi) is 16.7. The highest BCUT2D eigenvalue weighted by Crippen LogP contribution is 2.21. The highest BCUT2D eigenvalue weighted by Gasteiger charge is 2.21. The van der Waals surface area contributed by atoms with Crippen LogP contribution in [0, 0.1) is 0 Å². The number of amides is 1. The average molecular weight is 931 g/mol. The van der Waals surface area contributed by atoms with E-state index in [0.29, 0.717) is 36.6 Å². The lowest BCUT2D eigenvalue weighted by molar-refractivity contribution is 0.0690. The summed E-state index contributed by atoms with van der Waals surface area (Å²) in [5.41, 5.74) is 15.4. The molecule has 0 spiro atoms. The zero-order valence-electron chi connectivity index (χ0n) is 36.7. The van der Waals surface area contributed by atoms with Crippen LogP contribution in [0.5, 0.6) is 0 Å². The Bertz CT molecular complexity index is 2910. The van der Waals surface area contributed by atoms with Gasteiger partial charge in [0.05, 0.1) is 48.4 Å². The summed E-state index contributed by atoms with van der Waals surface area (Å²) in [6.45, 7) is 5.39. The summed E-state index contributed by atoms with van der Waals surface area (Å²) in [5.74, 6) is -1.40. The Balaban J connectivity index is 0.000000179. The van der Waals surface area contributed by atoms with Crippen molar-refractivity contribution in [2.24, 2.45) is 19.8 Å². The Labute approximate surface area is 395 Å². The number of aliphatic hydroxyl groups is 2. The maximum atomic E-state index is 12.6. The third-order valence-corrected chi connectivity index (χ3v) is 11.2. The van der Waals surface area contributed by atoms with Crippen molar-refractivity contribution in [1.82, 2.24) is 63.9 Å². The molecule has 0 unspecified atom stereocenters. The number of carboxylic acid groups (broad SMARTS) is 1. The third kappa shape index (κ3) is 12.6. The molecule has 0 saturated heterocycles. The van der Waals surface area contributed by atoms with E-state index in [1.54, 1.807) is 44.6 Å². The molecule has 0 bridgehead atoms. The number of aromatic nitrogens is 10. The normalized spacial score (nSPS) is 14.2. The molecule has 2 aliphatic heterocycles. The topological polar surface area (TPSA) is 235 Å². The molecular weight excluding hydrogens is 873 g/mol. The van der Waals surface area contributed by atoms with E-state index in [9.17, 15) is 19.8 Å². The summed E-state index contributed by atoms with van der Waals surface area (Å²) in [4.78, 5) is 36.2. The number of hydrogen-bond acceptors (Lipinski definition) is 13. The Hall–Kier alpha value is -6.81. The van der Waals surface area contributed by atoms with Crippen LogP contribution in [0.2, 0.25) is 0 Å². The second-order valence-electron chi connectivity index (χ2n) is 16.2. The maximum Gasteiger partial charge on any atom is 0.356 e. The van der Waals surface area contributed by atoms with Crippen LogP contribution >= 0.6 is 13.5 Å². The van der Waals surface area contributed by atoms with Gasteiger partial charge in [0, 0.05) is 90.0 Å². The van der Waals surface area contributed by atoms with Crippen LogP contribution in [0.4, 0.5) is 0 Å². The molecule has 6 aromatic heterocycles. The van der Waals surface area contributed by atoms with Gasteiger partial charge in [-0.25, -0.2) is 23.8 Å². The number of β-amino-alcohol motifs (C(OH)–C–C–N with tert-alkyl or cyclic N) is 2. The van der Waals surface area contributed by atoms with Crippen molar-refractivity contribution in [3.8, 4) is 22.5 Å². The molecule has 352 valence electrons. The number of fused-ring (bicyclic) bond motifs is 4. The van der Waals surface area contributed by atoms with E-state index >= 15 is 0 Å². The quantitative estimate of drug-likeness (QED) is 0.125. The number of hydrogen-bond donors (Lipinski definition) is 5. The second-order valence-corrected chi connectivity index (χ2v) is 16.2. The summed E-state index contributed by atoms with van der Waals surface area (Å²) in [5, 5.41) is 48.6. The molecule has 20 heteroatoms. The predicted octanol–water partition coefficient (Wildman–Crippen LogP) is 3.22. The second kappa shape index (κ2) is 22.6. The number of imidazole rings is 2. The minimum Gasteiger partial charge on any atom is -0.476 e. The number of aliphatic hydroxyl groups excluding tert-OH is 2. The first-order valence-electron chi connectivity index (χ1n) is 21.3. The van der Waals surface area contributed by atoms with Gasteiger partial charge in [-0.05, 0) is 59.4 Å². The van der Waals surface area contributed by atoms with Gasteiger partial charge in [-0.2, -0.15) is 33.9 Å². The van der Waals surface area contributed by atoms with Gasteiger partial charge in [0.2, 0.25) is 0 Å². The van der Waals surface area contributed by atoms with Crippen LogP contribution < -0.4 is 11.1 Å². The lowest BCUT2D eigenvalue weighted by Crippen LogP contribution is -2.42. The van der Waals surface area contributed by atoms with Crippen LogP contribution in [0.1, 0.15) is 50.7 Å². The number of benzene rings is 2. The fraction of sp³-hybridized carbons (Fsp3) is 0.319. The predicted molar refractivity (Wildman–Crippen MR) is 259 cm³/mol. The number of carboxylic acids is 1. The number of nitrogens with one attached hydrogen (secondary N) is 1. The molecule has 0 radical (unpaired) electrons. The molecule has 2 atom stereocenters. The van der Waals surface area contributed by atoms with E-state index in [1.807, 2.05) is 44.7 Å². The summed E-state index contributed by atoms with van der Waals surface area (Å²) in [6, 6.07) is 24.1. The molecule has 2 aromatic carbocycles. The molecule has 19 nitrogen and oxygen atoms in total. The number of aromatic carboxylic acids is 1. The third-order valence-electron chi connectivity index (χ3n) is 11.2. The maximum absolute atomic E-state index is 12.6. The van der Waals surface area contributed by atoms with E-state index in [0.717, 1.165) is 55.8 Å². The van der Waals surface area contributed by atoms with Crippen molar-refractivity contribution >= 4 is 36.7 Å². The van der Waals surface area contributed by atoms with E-state index in [-0.39, 0.29) is 44.8 Å². The van der Waals surface area contributed by atoms with Crippen LogP contribution in [-0.2, 0) is 40.0 Å². The minimum absolute atomic E-state index is 0. The van der Waals surface area contributed by atoms with Crippen molar-refractivity contribution in [2.45, 2.75) is 45.6 Å². The monoisotopic (exact) mass is 930 g/mol. The first-order chi connectivity index (χ1) is 31.5. The molecule has 2 aliphatic rings. The number of nitrogens with zero attached hydrogens (tertiary/aromatic N) is 12. The SMILES string of the molecule is C.Cn1cc(-c2ccc3nc(C(=O)NC[C@H](O)CN4CCc5ccccc5C4)cn3n2)cn1.Cn1cc(-c2ccc3nc(C(=O)O)cn3n2)cn1.NC[C@H](O)CN1CCc2ccccc2C1.S. The lowest BCUT2D eigenvalue weighted by atomic mass is 10.00. The molecular formula is C47H58N14O5S. The van der Waals surface area contributed by atoms with Crippen LogP contribution in [0.3, 0.4) is 0 Å². The highest BCUT2D eigenvalue weighted by molar-refractivity contribution is 7.59. The molecule has 10 rings (SSSR count). The van der Waals surface area contributed by atoms with Crippen LogP contribution in [0.25, 0.3) is 33.8 Å². The van der Waals surface area contributed by atoms with Crippen molar-refractivity contribution < 1.29 is 24.9 Å². The first kappa shape index (κ1) is 49.6. The lowest BCUT2D eigenvalue weighted by Gasteiger charge is -2.30. The molecule has 0 aliphatic carbocycles. The van der Waals surface area contributed by atoms with E-state index in [2.05, 4.69) is 87.9 Å². The van der Waals surface area contributed by atoms with Gasteiger partial charge in [-0.3, -0.25) is 24.0 Å². The van der Waals surface area contributed by atoms with Crippen LogP contribution in [0.15, 0.2) is 110 Å². The summed E-state index contributed by atoms with van der Waals surface area (Å²) < 4.78 is 6.42. The zero-order chi connectivity index (χ0) is 45.5. The Morgan fingerprint density at radius 3 is 1.60 bits per heavy atom. The fourth-order valence-electron chi connectivity index (χ4n) is 7.85. The molecule has 67 heavy (non-hydrogen) atoms. The van der Waals surface area contributed by atoms with Gasteiger partial charge in [0.1, 0.15) is 5.69 Å². The Morgan fingerprint density at radius 2 is 1.13 bits per heavy atom. The molecule has 0 fully saturated rings. The number of aryl methyl sites for hydroxylation is 2. The Morgan fingerprint density at radius 1 is 0.672 bits per heavy atom. The van der Waals surface area contributed by atoms with E-state index in [1.165, 1.54) is 33.0 Å². The van der Waals surface area contributed by atoms with E-state index < -0.39 is 18.2 Å². The molecule has 8 heterocycles. The molecule has 6 N–H and O–H groups in total. The van der Waals surface area contributed by atoms with E-state index in [4.69, 9.17) is 10.8 Å². The number of carbonyl (C=O) groups excluding carboxylic acids is 1. The zero-order valence-corrected chi connectivity index (χ0v) is 37.7. The van der Waals surface area contributed by atoms with Crippen molar-refractivity contribution in [2.75, 3.05) is 39.3 Å². The summed E-state index contributed by atoms with van der Waals surface area (Å²) >= 11 is 0. The number of nitrogens with two attached hydrogens (primary N) is 1. The molecule has 0 saturated carbocycles. The van der Waals surface area contributed by atoms with Gasteiger partial charge >= 0.3 is 5.97 Å². The highest BCUT2D eigenvalue weighted by atomic mass is 32.1. The smallest absolute Gasteiger partial charge is 0.356 e. The van der Waals surface area contributed by atoms with Crippen molar-refractivity contribution in [1.29, 1.82) is 0 Å². The number of carbonyl (C=O) groups is 2.